The van der Waals surface area contributed by atoms with Crippen molar-refractivity contribution in [3.05, 3.63) is 30.6 Å². The molecule has 3 rings (SSSR count). The monoisotopic (exact) mass is 273 g/mol. The number of benzene rings is 1. The molecule has 0 radical (unpaired) electrons. The summed E-state index contributed by atoms with van der Waals surface area (Å²) in [7, 11) is 0. The Morgan fingerprint density at radius 1 is 1.11 bits per heavy atom. The van der Waals surface area contributed by atoms with Gasteiger partial charge in [0.25, 0.3) is 0 Å². The number of hydrogen-bond donors (Lipinski definition) is 4. The van der Waals surface area contributed by atoms with Gasteiger partial charge in [-0.1, -0.05) is 23.5 Å². The van der Waals surface area contributed by atoms with E-state index in [1.807, 2.05) is 24.3 Å². The molecule has 7 nitrogen and oxygen atoms in total. The quantitative estimate of drug-likeness (QED) is 0.424. The number of hydrazine groups is 1. The maximum atomic E-state index is 5.88. The van der Waals surface area contributed by atoms with Crippen molar-refractivity contribution in [1.29, 1.82) is 0 Å². The van der Waals surface area contributed by atoms with Crippen LogP contribution < -0.4 is 22.3 Å². The molecule has 0 spiro atoms. The second kappa shape index (κ2) is 4.67. The number of nitrogen functional groups attached to an aromatic ring is 2. The Labute approximate surface area is 112 Å². The zero-order valence-corrected chi connectivity index (χ0v) is 10.6. The number of nitrogens with zero attached hydrogens (tertiary/aromatic N) is 3. The zero-order chi connectivity index (χ0) is 13.2. The topological polar surface area (TPSA) is 115 Å². The third-order valence-electron chi connectivity index (χ3n) is 2.54. The van der Waals surface area contributed by atoms with E-state index in [2.05, 4.69) is 25.7 Å². The lowest BCUT2D eigenvalue weighted by molar-refractivity contribution is 1.14. The van der Waals surface area contributed by atoms with E-state index in [4.69, 9.17) is 11.6 Å². The van der Waals surface area contributed by atoms with Crippen molar-refractivity contribution in [2.75, 3.05) is 16.5 Å². The first-order valence-electron chi connectivity index (χ1n) is 5.47. The second-order valence-corrected chi connectivity index (χ2v) is 4.77. The molecule has 0 saturated carbocycles. The highest BCUT2D eigenvalue weighted by atomic mass is 32.1. The second-order valence-electron chi connectivity index (χ2n) is 3.74. The fraction of sp³-hybridized carbons (Fsp3) is 0. The standard InChI is InChI=1S/C11H11N7S/c12-8-9(14-5-15-10(8)18-13)17-11-16-6-3-1-2-4-7(6)19-11/h1-5H,12-13H2,(H2,14,15,16,17,18). The highest BCUT2D eigenvalue weighted by Crippen LogP contribution is 2.30. The van der Waals surface area contributed by atoms with Gasteiger partial charge < -0.3 is 16.5 Å². The van der Waals surface area contributed by atoms with E-state index >= 15 is 0 Å². The average Bonchev–Trinajstić information content (AvgIpc) is 2.83. The number of para-hydroxylation sites is 1. The highest BCUT2D eigenvalue weighted by molar-refractivity contribution is 7.22. The highest BCUT2D eigenvalue weighted by Gasteiger charge is 2.09. The normalized spacial score (nSPS) is 10.6. The minimum Gasteiger partial charge on any atom is -0.393 e. The van der Waals surface area contributed by atoms with E-state index in [1.54, 1.807) is 0 Å². The number of anilines is 4. The molecule has 0 aliphatic heterocycles. The van der Waals surface area contributed by atoms with E-state index in [9.17, 15) is 0 Å². The number of rotatable bonds is 3. The number of thiazole rings is 1. The first kappa shape index (κ1) is 11.6. The molecule has 3 aromatic rings. The summed E-state index contributed by atoms with van der Waals surface area (Å²) < 4.78 is 1.09. The van der Waals surface area contributed by atoms with Crippen molar-refractivity contribution in [2.45, 2.75) is 0 Å². The number of aromatic nitrogens is 3. The van der Waals surface area contributed by atoms with E-state index in [-0.39, 0.29) is 0 Å². The molecule has 0 bridgehead atoms. The lowest BCUT2D eigenvalue weighted by Gasteiger charge is -2.08. The maximum absolute atomic E-state index is 5.88. The van der Waals surface area contributed by atoms with Crippen LogP contribution in [0.1, 0.15) is 0 Å². The van der Waals surface area contributed by atoms with E-state index in [0.29, 0.717) is 17.3 Å². The summed E-state index contributed by atoms with van der Waals surface area (Å²) in [6, 6.07) is 7.88. The molecular formula is C11H11N7S. The van der Waals surface area contributed by atoms with Crippen LogP contribution in [0.25, 0.3) is 10.2 Å². The van der Waals surface area contributed by atoms with E-state index in [0.717, 1.165) is 15.3 Å². The lowest BCUT2D eigenvalue weighted by atomic mass is 10.3. The average molecular weight is 273 g/mol. The van der Waals surface area contributed by atoms with Crippen LogP contribution >= 0.6 is 11.3 Å². The Hall–Kier alpha value is -2.45. The van der Waals surface area contributed by atoms with E-state index < -0.39 is 0 Å². The fourth-order valence-electron chi connectivity index (χ4n) is 1.64. The number of nitrogens with two attached hydrogens (primary N) is 2. The molecule has 0 atom stereocenters. The van der Waals surface area contributed by atoms with Crippen LogP contribution in [-0.4, -0.2) is 15.0 Å². The summed E-state index contributed by atoms with van der Waals surface area (Å²) >= 11 is 1.52. The minimum atomic E-state index is 0.351. The van der Waals surface area contributed by atoms with Gasteiger partial charge in [-0.25, -0.2) is 20.8 Å². The smallest absolute Gasteiger partial charge is 0.189 e. The van der Waals surface area contributed by atoms with Crippen LogP contribution in [0.5, 0.6) is 0 Å². The van der Waals surface area contributed by atoms with Crippen LogP contribution in [0.3, 0.4) is 0 Å². The summed E-state index contributed by atoms with van der Waals surface area (Å²) in [6.07, 6.45) is 1.38. The van der Waals surface area contributed by atoms with E-state index in [1.165, 1.54) is 17.7 Å². The fourth-order valence-corrected chi connectivity index (χ4v) is 2.50. The van der Waals surface area contributed by atoms with Gasteiger partial charge in [0.2, 0.25) is 0 Å². The van der Waals surface area contributed by atoms with Gasteiger partial charge in [-0.3, -0.25) is 0 Å². The predicted molar refractivity (Wildman–Crippen MR) is 77.2 cm³/mol. The molecule has 6 N–H and O–H groups in total. The predicted octanol–water partition coefficient (Wildman–Crippen LogP) is 1.70. The Morgan fingerprint density at radius 2 is 1.89 bits per heavy atom. The summed E-state index contributed by atoms with van der Waals surface area (Å²) in [4.78, 5) is 12.4. The SMILES string of the molecule is NNc1ncnc(Nc2nc3ccccc3s2)c1N. The molecule has 2 aromatic heterocycles. The Bertz CT molecular complexity index is 691. The molecule has 2 heterocycles. The Kier molecular flexibility index (Phi) is 2.86. The van der Waals surface area contributed by atoms with Crippen LogP contribution in [0.4, 0.5) is 22.5 Å². The van der Waals surface area contributed by atoms with Gasteiger partial charge in [0.1, 0.15) is 12.0 Å². The molecule has 19 heavy (non-hydrogen) atoms. The molecule has 0 unspecified atom stereocenters. The summed E-state index contributed by atoms with van der Waals surface area (Å²) in [6.45, 7) is 0. The van der Waals surface area contributed by atoms with Crippen molar-refractivity contribution in [2.24, 2.45) is 5.84 Å². The molecule has 0 fully saturated rings. The van der Waals surface area contributed by atoms with Crippen molar-refractivity contribution in [3.8, 4) is 0 Å². The molecular weight excluding hydrogens is 262 g/mol. The van der Waals surface area contributed by atoms with Crippen LogP contribution in [-0.2, 0) is 0 Å². The maximum Gasteiger partial charge on any atom is 0.189 e. The largest absolute Gasteiger partial charge is 0.393 e. The third-order valence-corrected chi connectivity index (χ3v) is 3.49. The molecule has 1 aromatic carbocycles. The minimum absolute atomic E-state index is 0.351. The van der Waals surface area contributed by atoms with Crippen LogP contribution in [0, 0.1) is 0 Å². The van der Waals surface area contributed by atoms with Gasteiger partial charge in [-0.05, 0) is 12.1 Å². The van der Waals surface area contributed by atoms with Crippen molar-refractivity contribution in [3.63, 3.8) is 0 Å². The number of fused-ring (bicyclic) bond motifs is 1. The van der Waals surface area contributed by atoms with Crippen LogP contribution in [0.15, 0.2) is 30.6 Å². The van der Waals surface area contributed by atoms with Gasteiger partial charge >= 0.3 is 0 Å². The van der Waals surface area contributed by atoms with Gasteiger partial charge in [0.15, 0.2) is 16.8 Å². The summed E-state index contributed by atoms with van der Waals surface area (Å²) in [5.41, 5.74) is 9.58. The molecule has 0 saturated heterocycles. The molecule has 0 aliphatic rings. The van der Waals surface area contributed by atoms with Gasteiger partial charge in [-0.2, -0.15) is 0 Å². The number of hydrogen-bond acceptors (Lipinski definition) is 8. The van der Waals surface area contributed by atoms with Crippen molar-refractivity contribution in [1.82, 2.24) is 15.0 Å². The van der Waals surface area contributed by atoms with Gasteiger partial charge in [0, 0.05) is 0 Å². The summed E-state index contributed by atoms with van der Waals surface area (Å²) in [5, 5.41) is 3.79. The first-order valence-corrected chi connectivity index (χ1v) is 6.29. The van der Waals surface area contributed by atoms with Crippen molar-refractivity contribution >= 4 is 44.0 Å². The summed E-state index contributed by atoms with van der Waals surface area (Å²) in [5.74, 6) is 6.16. The molecule has 0 aliphatic carbocycles. The molecule has 0 amide bonds. The number of nitrogens with one attached hydrogen (secondary N) is 2. The Morgan fingerprint density at radius 3 is 2.68 bits per heavy atom. The molecule has 96 valence electrons. The van der Waals surface area contributed by atoms with Crippen molar-refractivity contribution < 1.29 is 0 Å². The lowest BCUT2D eigenvalue weighted by Crippen LogP contribution is -2.12. The van der Waals surface area contributed by atoms with Gasteiger partial charge in [0.05, 0.1) is 10.2 Å². The van der Waals surface area contributed by atoms with Gasteiger partial charge in [-0.15, -0.1) is 0 Å². The first-order chi connectivity index (χ1) is 9.28. The zero-order valence-electron chi connectivity index (χ0n) is 9.79. The Balaban J connectivity index is 1.96. The third kappa shape index (κ3) is 2.14. The van der Waals surface area contributed by atoms with Crippen LogP contribution in [0.2, 0.25) is 0 Å². The molecule has 8 heteroatoms.